The summed E-state index contributed by atoms with van der Waals surface area (Å²) in [7, 11) is 0. The highest BCUT2D eigenvalue weighted by atomic mass is 19.2. The predicted octanol–water partition coefficient (Wildman–Crippen LogP) is 3.91. The number of anilines is 1. The summed E-state index contributed by atoms with van der Waals surface area (Å²) in [5.74, 6) is -2.77. The maximum Gasteiger partial charge on any atom is 0.295 e. The Morgan fingerprint density at radius 2 is 1.90 bits per heavy atom. The Morgan fingerprint density at radius 3 is 2.67 bits per heavy atom. The van der Waals surface area contributed by atoms with E-state index in [-0.39, 0.29) is 11.6 Å². The largest absolute Gasteiger partial charge is 0.319 e. The Labute approximate surface area is 169 Å². The average molecular weight is 407 g/mol. The minimum Gasteiger partial charge on any atom is -0.319 e. The van der Waals surface area contributed by atoms with Crippen LogP contribution >= 0.6 is 0 Å². The van der Waals surface area contributed by atoms with Crippen molar-refractivity contribution < 1.29 is 18.4 Å². The summed E-state index contributed by atoms with van der Waals surface area (Å²) < 4.78 is 28.0. The number of nitrogens with zero attached hydrogens (tertiary/aromatic N) is 4. The van der Waals surface area contributed by atoms with Crippen molar-refractivity contribution in [3.63, 3.8) is 0 Å². The summed E-state index contributed by atoms with van der Waals surface area (Å²) in [4.78, 5) is 33.0. The van der Waals surface area contributed by atoms with Crippen molar-refractivity contribution in [3.8, 4) is 11.3 Å². The summed E-state index contributed by atoms with van der Waals surface area (Å²) in [5, 5.41) is 6.78. The van der Waals surface area contributed by atoms with Gasteiger partial charge >= 0.3 is 0 Å². The van der Waals surface area contributed by atoms with Crippen LogP contribution < -0.4 is 5.32 Å². The van der Waals surface area contributed by atoms with Crippen molar-refractivity contribution in [1.29, 1.82) is 0 Å². The van der Waals surface area contributed by atoms with Crippen molar-refractivity contribution in [2.75, 3.05) is 5.32 Å². The third kappa shape index (κ3) is 3.64. The molecule has 30 heavy (non-hydrogen) atoms. The molecular formula is C21H15F2N5O2. The molecule has 0 bridgehead atoms. The highest BCUT2D eigenvalue weighted by molar-refractivity contribution is 6.08. The topological polar surface area (TPSA) is 89.2 Å². The monoisotopic (exact) mass is 407 g/mol. The Hall–Kier alpha value is -4.01. The third-order valence-electron chi connectivity index (χ3n) is 4.44. The van der Waals surface area contributed by atoms with Gasteiger partial charge in [0.25, 0.3) is 5.91 Å². The van der Waals surface area contributed by atoms with Crippen molar-refractivity contribution in [2.45, 2.75) is 13.3 Å². The van der Waals surface area contributed by atoms with Crippen LogP contribution in [0.3, 0.4) is 0 Å². The smallest absolute Gasteiger partial charge is 0.295 e. The fraction of sp³-hybridized carbons (Fsp3) is 0.0952. The first kappa shape index (κ1) is 19.3. The van der Waals surface area contributed by atoms with Gasteiger partial charge in [0.15, 0.2) is 23.1 Å². The number of nitrogens with one attached hydrogen (secondary N) is 1. The highest BCUT2D eigenvalue weighted by Gasteiger charge is 2.17. The fourth-order valence-corrected chi connectivity index (χ4v) is 2.90. The molecule has 4 aromatic rings. The van der Waals surface area contributed by atoms with E-state index in [0.29, 0.717) is 34.6 Å². The van der Waals surface area contributed by atoms with Crippen LogP contribution in [0.2, 0.25) is 0 Å². The molecule has 4 rings (SSSR count). The van der Waals surface area contributed by atoms with E-state index in [1.165, 1.54) is 23.0 Å². The van der Waals surface area contributed by atoms with E-state index >= 15 is 0 Å². The van der Waals surface area contributed by atoms with Gasteiger partial charge in [0.05, 0.1) is 23.8 Å². The molecule has 0 unspecified atom stereocenters. The van der Waals surface area contributed by atoms with Crippen LogP contribution in [-0.4, -0.2) is 31.3 Å². The van der Waals surface area contributed by atoms with Crippen LogP contribution in [0.25, 0.3) is 16.9 Å². The zero-order valence-electron chi connectivity index (χ0n) is 15.8. The number of amides is 1. The van der Waals surface area contributed by atoms with Crippen LogP contribution in [-0.2, 0) is 0 Å². The van der Waals surface area contributed by atoms with Gasteiger partial charge < -0.3 is 5.32 Å². The van der Waals surface area contributed by atoms with E-state index in [9.17, 15) is 18.4 Å². The Morgan fingerprint density at radius 1 is 1.10 bits per heavy atom. The molecule has 2 heterocycles. The first-order chi connectivity index (χ1) is 14.5. The third-order valence-corrected chi connectivity index (χ3v) is 4.44. The van der Waals surface area contributed by atoms with Crippen LogP contribution in [0, 0.1) is 11.6 Å². The number of para-hydroxylation sites is 1. The second-order valence-corrected chi connectivity index (χ2v) is 6.42. The van der Waals surface area contributed by atoms with E-state index in [1.807, 2.05) is 0 Å². The number of halogens is 2. The predicted molar refractivity (Wildman–Crippen MR) is 105 cm³/mol. The number of hydrogen-bond donors (Lipinski definition) is 1. The number of carbonyl (C=O) groups excluding carboxylic acids is 2. The second kappa shape index (κ2) is 7.78. The van der Waals surface area contributed by atoms with Gasteiger partial charge in [-0.2, -0.15) is 0 Å². The van der Waals surface area contributed by atoms with E-state index in [1.54, 1.807) is 31.2 Å². The molecule has 1 amide bonds. The molecule has 0 saturated carbocycles. The highest BCUT2D eigenvalue weighted by Crippen LogP contribution is 2.20. The zero-order chi connectivity index (χ0) is 21.3. The van der Waals surface area contributed by atoms with Gasteiger partial charge in [-0.25, -0.2) is 18.3 Å². The number of rotatable bonds is 5. The number of hydrogen-bond acceptors (Lipinski definition) is 5. The van der Waals surface area contributed by atoms with Crippen molar-refractivity contribution >= 4 is 23.0 Å². The standard InChI is InChI=1S/C21H15F2N5O2/c1-2-18(29)13-5-3-4-6-16(13)25-21(30)20-26-19-10-24-17(11-28(19)27-20)12-7-8-14(22)15(23)9-12/h3-11H,2H2,1H3,(H,25,30). The molecular weight excluding hydrogens is 392 g/mol. The fourth-order valence-electron chi connectivity index (χ4n) is 2.90. The van der Waals surface area contributed by atoms with E-state index in [4.69, 9.17) is 0 Å². The summed E-state index contributed by atoms with van der Waals surface area (Å²) in [6, 6.07) is 10.1. The van der Waals surface area contributed by atoms with Crippen LogP contribution in [0.5, 0.6) is 0 Å². The molecule has 2 aromatic heterocycles. The maximum absolute atomic E-state index is 13.5. The van der Waals surface area contributed by atoms with Crippen LogP contribution in [0.15, 0.2) is 54.9 Å². The molecule has 0 aliphatic carbocycles. The number of carbonyl (C=O) groups is 2. The molecule has 0 radical (unpaired) electrons. The lowest BCUT2D eigenvalue weighted by Crippen LogP contribution is -2.16. The number of Topliss-reactive ketones (excluding diaryl/α,β-unsaturated/α-hetero) is 1. The number of aromatic nitrogens is 4. The van der Waals surface area contributed by atoms with Crippen molar-refractivity contribution in [2.24, 2.45) is 0 Å². The summed E-state index contributed by atoms with van der Waals surface area (Å²) in [6.07, 6.45) is 3.13. The van der Waals surface area contributed by atoms with Gasteiger partial charge in [-0.3, -0.25) is 14.6 Å². The lowest BCUT2D eigenvalue weighted by atomic mass is 10.1. The number of benzene rings is 2. The molecule has 0 spiro atoms. The first-order valence-electron chi connectivity index (χ1n) is 9.07. The molecule has 7 nitrogen and oxygen atoms in total. The molecule has 0 fully saturated rings. The second-order valence-electron chi connectivity index (χ2n) is 6.42. The molecule has 0 atom stereocenters. The normalized spacial score (nSPS) is 10.9. The molecule has 2 aromatic carbocycles. The van der Waals surface area contributed by atoms with Crippen molar-refractivity contribution in [1.82, 2.24) is 19.6 Å². The number of fused-ring (bicyclic) bond motifs is 1. The minimum absolute atomic E-state index is 0.103. The SMILES string of the molecule is CCC(=O)c1ccccc1NC(=O)c1nc2cnc(-c3ccc(F)c(F)c3)cn2n1. The molecule has 9 heteroatoms. The Kier molecular flexibility index (Phi) is 5.01. The van der Waals surface area contributed by atoms with E-state index in [0.717, 1.165) is 12.1 Å². The summed E-state index contributed by atoms with van der Waals surface area (Å²) in [6.45, 7) is 1.74. The Balaban J connectivity index is 1.63. The first-order valence-corrected chi connectivity index (χ1v) is 9.07. The molecule has 0 saturated heterocycles. The molecule has 0 aliphatic rings. The van der Waals surface area contributed by atoms with Gasteiger partial charge in [0.2, 0.25) is 5.82 Å². The van der Waals surface area contributed by atoms with E-state index < -0.39 is 17.5 Å². The van der Waals surface area contributed by atoms with Crippen molar-refractivity contribution in [3.05, 3.63) is 77.9 Å². The molecule has 0 aliphatic heterocycles. The quantitative estimate of drug-likeness (QED) is 0.507. The average Bonchev–Trinajstić information content (AvgIpc) is 3.19. The van der Waals surface area contributed by atoms with Gasteiger partial charge in [-0.05, 0) is 30.3 Å². The lowest BCUT2D eigenvalue weighted by molar-refractivity contribution is 0.0989. The van der Waals surface area contributed by atoms with E-state index in [2.05, 4.69) is 20.4 Å². The van der Waals surface area contributed by atoms with Gasteiger partial charge in [0, 0.05) is 17.5 Å². The Bertz CT molecular complexity index is 1290. The molecule has 150 valence electrons. The summed E-state index contributed by atoms with van der Waals surface area (Å²) in [5.41, 5.74) is 1.75. The minimum atomic E-state index is -0.992. The van der Waals surface area contributed by atoms with Crippen LogP contribution in [0.1, 0.15) is 34.3 Å². The summed E-state index contributed by atoms with van der Waals surface area (Å²) >= 11 is 0. The number of ketones is 1. The lowest BCUT2D eigenvalue weighted by Gasteiger charge is -2.07. The van der Waals surface area contributed by atoms with Gasteiger partial charge in [-0.15, -0.1) is 5.10 Å². The van der Waals surface area contributed by atoms with Gasteiger partial charge in [0.1, 0.15) is 0 Å². The van der Waals surface area contributed by atoms with Gasteiger partial charge in [-0.1, -0.05) is 19.1 Å². The zero-order valence-corrected chi connectivity index (χ0v) is 15.8. The molecule has 1 N–H and O–H groups in total. The van der Waals surface area contributed by atoms with Crippen LogP contribution in [0.4, 0.5) is 14.5 Å². The maximum atomic E-state index is 13.5.